The molecule has 8 atom stereocenters. The number of hydrogen-bond acceptors (Lipinski definition) is 5. The fourth-order valence-corrected chi connectivity index (χ4v) is 8.68. The average molecular weight is 496 g/mol. The van der Waals surface area contributed by atoms with Crippen molar-refractivity contribution in [2.45, 2.75) is 70.4 Å². The minimum Gasteiger partial charge on any atom is -0.479 e. The molecule has 5 aliphatic rings. The fraction of sp³-hybridized carbons (Fsp3) is 0.586. The number of alkyl halides is 1. The van der Waals surface area contributed by atoms with Crippen molar-refractivity contribution in [2.24, 2.45) is 28.6 Å². The molecular formula is C29H34FNO5. The highest BCUT2D eigenvalue weighted by Gasteiger charge is 2.79. The lowest BCUT2D eigenvalue weighted by atomic mass is 9.45. The SMILES string of the molecule is Cc1ccc(CN2C[C@@H]3C[C@H]4[C@@H]5CCC6=CC(=O)C=C[C@]6(C)[C@@]5(F)[C@@H](O)C[C@]4(C)[C@]3(C(=O)O)O2)cc1. The Hall–Kier alpha value is -2.35. The van der Waals surface area contributed by atoms with Crippen LogP contribution in [0.2, 0.25) is 0 Å². The lowest BCUT2D eigenvalue weighted by molar-refractivity contribution is -0.274. The molecule has 0 unspecified atom stereocenters. The largest absolute Gasteiger partial charge is 0.479 e. The predicted molar refractivity (Wildman–Crippen MR) is 130 cm³/mol. The smallest absolute Gasteiger partial charge is 0.339 e. The van der Waals surface area contributed by atoms with Crippen LogP contribution in [0, 0.1) is 35.5 Å². The Balaban J connectivity index is 1.36. The molecule has 4 fully saturated rings. The number of carboxylic acids is 1. The maximum atomic E-state index is 17.3. The summed E-state index contributed by atoms with van der Waals surface area (Å²) in [4.78, 5) is 31.4. The summed E-state index contributed by atoms with van der Waals surface area (Å²) in [5, 5.41) is 23.9. The van der Waals surface area contributed by atoms with Crippen LogP contribution in [0.15, 0.2) is 48.1 Å². The van der Waals surface area contributed by atoms with E-state index in [9.17, 15) is 19.8 Å². The molecule has 1 aromatic carbocycles. The highest BCUT2D eigenvalue weighted by atomic mass is 19.1. The van der Waals surface area contributed by atoms with E-state index in [-0.39, 0.29) is 24.0 Å². The van der Waals surface area contributed by atoms with Crippen LogP contribution in [-0.2, 0) is 21.0 Å². The van der Waals surface area contributed by atoms with Crippen LogP contribution in [-0.4, -0.2) is 50.9 Å². The van der Waals surface area contributed by atoms with Crippen LogP contribution in [0.25, 0.3) is 0 Å². The molecule has 4 aliphatic carbocycles. The van der Waals surface area contributed by atoms with Crippen molar-refractivity contribution in [2.75, 3.05) is 6.54 Å². The van der Waals surface area contributed by atoms with Crippen LogP contribution in [0.3, 0.4) is 0 Å². The summed E-state index contributed by atoms with van der Waals surface area (Å²) in [6.07, 6.45) is 4.75. The number of allylic oxidation sites excluding steroid dienone is 4. The van der Waals surface area contributed by atoms with Gasteiger partial charge in [0.25, 0.3) is 0 Å². The summed E-state index contributed by atoms with van der Waals surface area (Å²) in [5.41, 5.74) is -2.60. The first-order chi connectivity index (χ1) is 17.0. The molecule has 0 radical (unpaired) electrons. The Morgan fingerprint density at radius 2 is 1.94 bits per heavy atom. The maximum absolute atomic E-state index is 17.3. The highest BCUT2D eigenvalue weighted by Crippen LogP contribution is 2.72. The lowest BCUT2D eigenvalue weighted by Gasteiger charge is -2.62. The summed E-state index contributed by atoms with van der Waals surface area (Å²) in [7, 11) is 0. The van der Waals surface area contributed by atoms with Gasteiger partial charge in [-0.3, -0.25) is 9.63 Å². The number of benzene rings is 1. The van der Waals surface area contributed by atoms with Gasteiger partial charge in [0, 0.05) is 35.8 Å². The third-order valence-corrected chi connectivity index (χ3v) is 10.5. The van der Waals surface area contributed by atoms with Crippen LogP contribution < -0.4 is 0 Å². The highest BCUT2D eigenvalue weighted by molar-refractivity contribution is 6.01. The molecule has 0 spiro atoms. The number of aliphatic hydroxyl groups is 1. The van der Waals surface area contributed by atoms with E-state index >= 15 is 4.39 Å². The standard InChI is InChI=1S/C29H34FNO5/c1-17-4-6-18(7-5-17)15-31-16-20-13-23-22-9-8-19-12-21(32)10-11-26(19,2)28(22,30)24(33)14-27(23,3)29(20,36-31)25(34)35/h4-7,10-12,20,22-24,33H,8-9,13-16H2,1-3H3,(H,34,35)/t20-,22-,23-,24-,26-,27-,28-,29-/m0/s1. The first-order valence-electron chi connectivity index (χ1n) is 13.0. The molecule has 7 heteroatoms. The summed E-state index contributed by atoms with van der Waals surface area (Å²) in [6.45, 7) is 6.60. The Morgan fingerprint density at radius 1 is 1.22 bits per heavy atom. The first-order valence-corrected chi connectivity index (χ1v) is 13.0. The number of aliphatic hydroxyl groups excluding tert-OH is 1. The van der Waals surface area contributed by atoms with Crippen LogP contribution in [0.4, 0.5) is 4.39 Å². The molecule has 36 heavy (non-hydrogen) atoms. The van der Waals surface area contributed by atoms with Gasteiger partial charge in [-0.25, -0.2) is 9.18 Å². The average Bonchev–Trinajstić information content (AvgIpc) is 3.30. The molecule has 2 N–H and O–H groups in total. The normalized spacial score (nSPS) is 45.5. The molecule has 192 valence electrons. The van der Waals surface area contributed by atoms with E-state index in [1.807, 2.05) is 38.1 Å². The molecule has 0 aromatic heterocycles. The third kappa shape index (κ3) is 2.82. The monoisotopic (exact) mass is 495 g/mol. The quantitative estimate of drug-likeness (QED) is 0.655. The molecular weight excluding hydrogens is 461 g/mol. The van der Waals surface area contributed by atoms with Gasteiger partial charge in [-0.05, 0) is 63.2 Å². The second kappa shape index (κ2) is 7.59. The number of carbonyl (C=O) groups is 2. The predicted octanol–water partition coefficient (Wildman–Crippen LogP) is 4.16. The summed E-state index contributed by atoms with van der Waals surface area (Å²) < 4.78 is 17.3. The van der Waals surface area contributed by atoms with Gasteiger partial charge >= 0.3 is 5.97 Å². The minimum atomic E-state index is -1.97. The Kier molecular flexibility index (Phi) is 5.06. The molecule has 1 aliphatic heterocycles. The van der Waals surface area contributed by atoms with Crippen LogP contribution >= 0.6 is 0 Å². The molecule has 1 heterocycles. The van der Waals surface area contributed by atoms with Gasteiger partial charge < -0.3 is 10.2 Å². The van der Waals surface area contributed by atoms with Crippen molar-refractivity contribution in [1.29, 1.82) is 0 Å². The Bertz CT molecular complexity index is 1190. The van der Waals surface area contributed by atoms with Gasteiger partial charge in [-0.2, -0.15) is 5.06 Å². The number of fused-ring (bicyclic) bond motifs is 7. The molecule has 6 nitrogen and oxygen atoms in total. The zero-order chi connectivity index (χ0) is 25.7. The van der Waals surface area contributed by atoms with E-state index in [0.717, 1.165) is 16.7 Å². The minimum absolute atomic E-state index is 0.00348. The lowest BCUT2D eigenvalue weighted by Crippen LogP contribution is -2.69. The summed E-state index contributed by atoms with van der Waals surface area (Å²) in [5.74, 6) is -2.27. The Morgan fingerprint density at radius 3 is 2.64 bits per heavy atom. The van der Waals surface area contributed by atoms with Crippen molar-refractivity contribution in [3.63, 3.8) is 0 Å². The molecule has 6 rings (SSSR count). The molecule has 1 saturated heterocycles. The molecule has 0 amide bonds. The van der Waals surface area contributed by atoms with Gasteiger partial charge in [0.05, 0.1) is 6.10 Å². The number of aryl methyl sites for hydroxylation is 1. The number of rotatable bonds is 3. The van der Waals surface area contributed by atoms with E-state index in [2.05, 4.69) is 0 Å². The molecule has 3 saturated carbocycles. The van der Waals surface area contributed by atoms with Gasteiger partial charge in [-0.15, -0.1) is 0 Å². The number of nitrogens with zero attached hydrogens (tertiary/aromatic N) is 1. The first kappa shape index (κ1) is 24.0. The number of hydroxylamine groups is 2. The van der Waals surface area contributed by atoms with Crippen molar-refractivity contribution >= 4 is 11.8 Å². The van der Waals surface area contributed by atoms with Crippen LogP contribution in [0.5, 0.6) is 0 Å². The van der Waals surface area contributed by atoms with Gasteiger partial charge in [0.2, 0.25) is 0 Å². The zero-order valence-corrected chi connectivity index (χ0v) is 21.0. The van der Waals surface area contributed by atoms with Gasteiger partial charge in [0.15, 0.2) is 17.1 Å². The number of ketones is 1. The number of carbonyl (C=O) groups excluding carboxylic acids is 1. The molecule has 1 aromatic rings. The van der Waals surface area contributed by atoms with E-state index in [4.69, 9.17) is 4.84 Å². The second-order valence-corrected chi connectivity index (χ2v) is 12.1. The summed E-state index contributed by atoms with van der Waals surface area (Å²) in [6, 6.07) is 8.08. The van der Waals surface area contributed by atoms with E-state index in [1.54, 1.807) is 18.1 Å². The molecule has 0 bridgehead atoms. The van der Waals surface area contributed by atoms with Crippen molar-refractivity contribution in [3.05, 3.63) is 59.2 Å². The maximum Gasteiger partial charge on any atom is 0.339 e. The van der Waals surface area contributed by atoms with Crippen molar-refractivity contribution in [3.8, 4) is 0 Å². The van der Waals surface area contributed by atoms with E-state index in [1.165, 1.54) is 12.2 Å². The second-order valence-electron chi connectivity index (χ2n) is 12.1. The van der Waals surface area contributed by atoms with Crippen molar-refractivity contribution < 1.29 is 29.0 Å². The fourth-order valence-electron chi connectivity index (χ4n) is 8.68. The van der Waals surface area contributed by atoms with E-state index < -0.39 is 40.1 Å². The third-order valence-electron chi connectivity index (χ3n) is 10.5. The zero-order valence-electron chi connectivity index (χ0n) is 21.0. The van der Waals surface area contributed by atoms with E-state index in [0.29, 0.717) is 32.4 Å². The Labute approximate surface area is 210 Å². The van der Waals surface area contributed by atoms with Gasteiger partial charge in [0.1, 0.15) is 0 Å². The number of hydrogen-bond donors (Lipinski definition) is 2. The van der Waals surface area contributed by atoms with Crippen molar-refractivity contribution in [1.82, 2.24) is 5.06 Å². The topological polar surface area (TPSA) is 87.1 Å². The van der Waals surface area contributed by atoms with Gasteiger partial charge in [-0.1, -0.05) is 48.4 Å². The van der Waals surface area contributed by atoms with Crippen LogP contribution in [0.1, 0.15) is 50.7 Å². The summed E-state index contributed by atoms with van der Waals surface area (Å²) >= 11 is 0. The number of aliphatic carboxylic acids is 1. The number of halogens is 1. The number of carboxylic acid groups (broad SMARTS) is 1.